The van der Waals surface area contributed by atoms with Crippen LogP contribution in [0, 0.1) is 5.82 Å². The fraction of sp³-hybridized carbons (Fsp3) is 0.333. The molecule has 2 aromatic heterocycles. The summed E-state index contributed by atoms with van der Waals surface area (Å²) in [6.07, 6.45) is 5.87. The second kappa shape index (κ2) is 12.8. The molecule has 4 heterocycles. The molecule has 11 nitrogen and oxygen atoms in total. The van der Waals surface area contributed by atoms with E-state index in [2.05, 4.69) is 25.1 Å². The number of methoxy groups -OCH3 is 1. The summed E-state index contributed by atoms with van der Waals surface area (Å²) >= 11 is 6.41. The van der Waals surface area contributed by atoms with E-state index < -0.39 is 5.82 Å². The van der Waals surface area contributed by atoms with Gasteiger partial charge in [0.1, 0.15) is 17.3 Å². The van der Waals surface area contributed by atoms with Gasteiger partial charge in [0.2, 0.25) is 18.6 Å². The molecule has 1 amide bonds. The van der Waals surface area contributed by atoms with E-state index in [9.17, 15) is 9.18 Å². The van der Waals surface area contributed by atoms with E-state index in [-0.39, 0.29) is 36.1 Å². The first kappa shape index (κ1) is 28.7. The van der Waals surface area contributed by atoms with Gasteiger partial charge in [-0.2, -0.15) is 4.98 Å². The van der Waals surface area contributed by atoms with Crippen molar-refractivity contribution in [3.05, 3.63) is 83.3 Å². The topological polar surface area (TPSA) is 107 Å². The molecule has 1 saturated heterocycles. The van der Waals surface area contributed by atoms with Crippen molar-refractivity contribution in [2.75, 3.05) is 45.0 Å². The number of ether oxygens (including phenoxy) is 3. The first-order chi connectivity index (χ1) is 20.9. The lowest BCUT2D eigenvalue weighted by atomic mass is 10.1. The Balaban J connectivity index is 1.16. The Labute approximate surface area is 253 Å². The van der Waals surface area contributed by atoms with Gasteiger partial charge in [-0.15, -0.1) is 0 Å². The van der Waals surface area contributed by atoms with Crippen molar-refractivity contribution < 1.29 is 23.4 Å². The van der Waals surface area contributed by atoms with E-state index in [0.717, 1.165) is 22.6 Å². The number of amides is 1. The molecule has 1 N–H and O–H groups in total. The summed E-state index contributed by atoms with van der Waals surface area (Å²) in [6, 6.07) is 12.3. The van der Waals surface area contributed by atoms with Gasteiger partial charge in [-0.25, -0.2) is 14.4 Å². The Morgan fingerprint density at radius 2 is 1.98 bits per heavy atom. The Hall–Kier alpha value is -4.42. The summed E-state index contributed by atoms with van der Waals surface area (Å²) < 4.78 is 32.0. The molecule has 0 spiro atoms. The third-order valence-corrected chi connectivity index (χ3v) is 7.68. The van der Waals surface area contributed by atoms with E-state index >= 15 is 0 Å². The third kappa shape index (κ3) is 6.81. The number of nitrogens with zero attached hydrogens (tertiary/aromatic N) is 6. The number of halogens is 2. The molecular weight excluding hydrogens is 577 g/mol. The predicted octanol–water partition coefficient (Wildman–Crippen LogP) is 3.63. The van der Waals surface area contributed by atoms with Crippen molar-refractivity contribution in [3.8, 4) is 23.2 Å². The van der Waals surface area contributed by atoms with Crippen molar-refractivity contribution in [3.63, 3.8) is 0 Å². The Morgan fingerprint density at radius 1 is 1.12 bits per heavy atom. The molecule has 2 aromatic carbocycles. The number of carbonyl (C=O) groups is 1. The molecule has 0 aliphatic carbocycles. The zero-order chi connectivity index (χ0) is 29.8. The van der Waals surface area contributed by atoms with Crippen LogP contribution in [0.2, 0.25) is 5.15 Å². The number of hydrogen-bond donors (Lipinski definition) is 1. The van der Waals surface area contributed by atoms with Gasteiger partial charge in [0.25, 0.3) is 0 Å². The minimum absolute atomic E-state index is 0.0805. The van der Waals surface area contributed by atoms with E-state index in [1.165, 1.54) is 13.2 Å². The van der Waals surface area contributed by atoms with Crippen molar-refractivity contribution in [1.82, 2.24) is 29.7 Å². The van der Waals surface area contributed by atoms with Gasteiger partial charge in [0.15, 0.2) is 23.1 Å². The van der Waals surface area contributed by atoms with Crippen LogP contribution in [-0.2, 0) is 17.8 Å². The minimum atomic E-state index is -0.403. The number of hydrogen-bond acceptors (Lipinski definition) is 9. The summed E-state index contributed by atoms with van der Waals surface area (Å²) in [5.74, 6) is 2.19. The van der Waals surface area contributed by atoms with Crippen molar-refractivity contribution >= 4 is 23.3 Å². The fourth-order valence-corrected chi connectivity index (χ4v) is 5.54. The van der Waals surface area contributed by atoms with E-state index in [1.54, 1.807) is 35.4 Å². The number of rotatable bonds is 10. The van der Waals surface area contributed by atoms with Crippen LogP contribution in [0.1, 0.15) is 17.5 Å². The molecule has 1 atom stereocenters. The lowest BCUT2D eigenvalue weighted by Gasteiger charge is -2.42. The first-order valence-electron chi connectivity index (χ1n) is 13.9. The Morgan fingerprint density at radius 3 is 2.79 bits per heavy atom. The molecule has 2 aliphatic heterocycles. The van der Waals surface area contributed by atoms with Crippen LogP contribution < -0.4 is 24.4 Å². The van der Waals surface area contributed by atoms with Crippen LogP contribution in [0.3, 0.4) is 0 Å². The molecule has 1 fully saturated rings. The van der Waals surface area contributed by atoms with E-state index in [4.69, 9.17) is 30.8 Å². The lowest BCUT2D eigenvalue weighted by Crippen LogP contribution is -2.54. The monoisotopic (exact) mass is 607 g/mol. The fourth-order valence-electron chi connectivity index (χ4n) is 5.37. The summed E-state index contributed by atoms with van der Waals surface area (Å²) in [5.41, 5.74) is 1.87. The predicted molar refractivity (Wildman–Crippen MR) is 157 cm³/mol. The van der Waals surface area contributed by atoms with Gasteiger partial charge in [-0.1, -0.05) is 23.7 Å². The van der Waals surface area contributed by atoms with Gasteiger partial charge in [-0.3, -0.25) is 14.3 Å². The van der Waals surface area contributed by atoms with Crippen molar-refractivity contribution in [2.45, 2.75) is 25.4 Å². The molecule has 0 radical (unpaired) electrons. The lowest BCUT2D eigenvalue weighted by molar-refractivity contribution is -0.121. The summed E-state index contributed by atoms with van der Waals surface area (Å²) in [7, 11) is 1.44. The second-order valence-corrected chi connectivity index (χ2v) is 10.7. The molecule has 1 unspecified atom stereocenters. The van der Waals surface area contributed by atoms with Gasteiger partial charge in [0, 0.05) is 57.6 Å². The first-order valence-corrected chi connectivity index (χ1v) is 14.3. The molecule has 0 bridgehead atoms. The maximum atomic E-state index is 14.4. The maximum Gasteiger partial charge on any atom is 0.238 e. The number of benzene rings is 2. The van der Waals surface area contributed by atoms with Crippen molar-refractivity contribution in [1.29, 1.82) is 0 Å². The molecule has 4 aromatic rings. The van der Waals surface area contributed by atoms with Crippen LogP contribution in [0.5, 0.6) is 17.2 Å². The molecule has 6 rings (SSSR count). The van der Waals surface area contributed by atoms with E-state index in [1.807, 2.05) is 24.3 Å². The number of carbonyl (C=O) groups excluding carboxylic acids is 1. The van der Waals surface area contributed by atoms with Crippen LogP contribution in [-0.4, -0.2) is 76.4 Å². The maximum absolute atomic E-state index is 14.4. The number of imidazole rings is 1. The van der Waals surface area contributed by atoms with Crippen molar-refractivity contribution in [2.24, 2.45) is 0 Å². The zero-order valence-electron chi connectivity index (χ0n) is 23.6. The number of piperazine rings is 1. The molecular formula is C30H31ClFN7O4. The van der Waals surface area contributed by atoms with Crippen LogP contribution in [0.15, 0.2) is 61.2 Å². The van der Waals surface area contributed by atoms with Crippen LogP contribution in [0.4, 0.5) is 10.2 Å². The largest absolute Gasteiger partial charge is 0.494 e. The van der Waals surface area contributed by atoms with Crippen LogP contribution >= 0.6 is 11.6 Å². The highest BCUT2D eigenvalue weighted by Crippen LogP contribution is 2.32. The zero-order valence-corrected chi connectivity index (χ0v) is 24.3. The number of nitrogens with one attached hydrogen (secondary N) is 1. The number of aromatic nitrogens is 4. The number of fused-ring (bicyclic) bond motifs is 1. The summed E-state index contributed by atoms with van der Waals surface area (Å²) in [5, 5.41) is 3.35. The van der Waals surface area contributed by atoms with Gasteiger partial charge >= 0.3 is 0 Å². The summed E-state index contributed by atoms with van der Waals surface area (Å²) in [4.78, 5) is 30.7. The quantitative estimate of drug-likeness (QED) is 0.271. The Bertz CT molecular complexity index is 1590. The second-order valence-electron chi connectivity index (χ2n) is 10.4. The van der Waals surface area contributed by atoms with E-state index in [0.29, 0.717) is 50.9 Å². The third-order valence-electron chi connectivity index (χ3n) is 7.48. The van der Waals surface area contributed by atoms with Gasteiger partial charge < -0.3 is 24.4 Å². The highest BCUT2D eigenvalue weighted by Gasteiger charge is 2.31. The van der Waals surface area contributed by atoms with Gasteiger partial charge in [-0.05, 0) is 41.8 Å². The average molecular weight is 608 g/mol. The molecule has 13 heteroatoms. The summed E-state index contributed by atoms with van der Waals surface area (Å²) in [6.45, 7) is 3.05. The minimum Gasteiger partial charge on any atom is -0.494 e. The standard InChI is InChI=1S/C30H31ClFN7O4/c1-41-24-4-3-21(12-23(24)32)16-37-10-11-39(28-15-27(31)35-30(36-28)38-9-8-33-18-38)22(17-37)14-29(40)34-7-6-20-2-5-25-26(13-20)43-19-42-25/h2-5,8-9,12-13,15,18,22H,6-7,10-11,14,16-17,19H2,1H3,(H,34,40). The smallest absolute Gasteiger partial charge is 0.238 e. The van der Waals surface area contributed by atoms with Gasteiger partial charge in [0.05, 0.1) is 13.2 Å². The highest BCUT2D eigenvalue weighted by atomic mass is 35.5. The SMILES string of the molecule is COc1ccc(CN2CCN(c3cc(Cl)nc(-n4ccnc4)n3)C(CC(=O)NCCc3ccc4c(c3)OCO4)C2)cc1F. The molecule has 43 heavy (non-hydrogen) atoms. The highest BCUT2D eigenvalue weighted by molar-refractivity contribution is 6.29. The average Bonchev–Trinajstić information content (AvgIpc) is 3.70. The Kier molecular flexibility index (Phi) is 8.57. The molecule has 2 aliphatic rings. The van der Waals surface area contributed by atoms with Crippen LogP contribution in [0.25, 0.3) is 5.95 Å². The number of anilines is 1. The normalized spacial score (nSPS) is 16.3. The molecule has 0 saturated carbocycles. The molecule has 224 valence electrons.